The van der Waals surface area contributed by atoms with Gasteiger partial charge >= 0.3 is 5.97 Å². The molecule has 53 heavy (non-hydrogen) atoms. The summed E-state index contributed by atoms with van der Waals surface area (Å²) in [5.41, 5.74) is 4.71. The molecule has 0 bridgehead atoms. The Morgan fingerprint density at radius 2 is 1.38 bits per heavy atom. The van der Waals surface area contributed by atoms with Gasteiger partial charge in [-0.15, -0.1) is 0 Å². The van der Waals surface area contributed by atoms with Crippen molar-refractivity contribution in [3.8, 4) is 11.5 Å². The van der Waals surface area contributed by atoms with Gasteiger partial charge in [0.05, 0.1) is 24.4 Å². The maximum absolute atomic E-state index is 10.9. The van der Waals surface area contributed by atoms with Crippen LogP contribution in [-0.4, -0.2) is 80.4 Å². The molecular weight excluding hydrogens is 679 g/mol. The van der Waals surface area contributed by atoms with Gasteiger partial charge in [0.2, 0.25) is 0 Å². The molecule has 1 aliphatic heterocycles. The summed E-state index contributed by atoms with van der Waals surface area (Å²) in [7, 11) is 10.1. The largest absolute Gasteiger partial charge is 0.508 e. The number of aromatic hydroxyl groups is 1. The van der Waals surface area contributed by atoms with E-state index in [0.717, 1.165) is 41.6 Å². The molecule has 4 atom stereocenters. The summed E-state index contributed by atoms with van der Waals surface area (Å²) in [6, 6.07) is 36.9. The van der Waals surface area contributed by atoms with E-state index in [-0.39, 0.29) is 0 Å². The van der Waals surface area contributed by atoms with Gasteiger partial charge < -0.3 is 29.6 Å². The third kappa shape index (κ3) is 11.2. The van der Waals surface area contributed by atoms with Crippen LogP contribution in [0.1, 0.15) is 57.1 Å². The fourth-order valence-electron chi connectivity index (χ4n) is 6.61. The molecule has 5 aromatic carbocycles. The van der Waals surface area contributed by atoms with Crippen molar-refractivity contribution >= 4 is 39.9 Å². The Hall–Kier alpha value is -4.50. The van der Waals surface area contributed by atoms with Crippen LogP contribution in [0.5, 0.6) is 11.5 Å². The molecule has 7 nitrogen and oxygen atoms in total. The highest BCUT2D eigenvalue weighted by Crippen LogP contribution is 2.47. The summed E-state index contributed by atoms with van der Waals surface area (Å²) < 4.78 is 5.14. The van der Waals surface area contributed by atoms with Crippen molar-refractivity contribution < 1.29 is 19.7 Å². The predicted octanol–water partition coefficient (Wildman–Crippen LogP) is 10.4. The number of para-hydroxylation sites is 2. The first-order chi connectivity index (χ1) is 25.3. The van der Waals surface area contributed by atoms with Gasteiger partial charge in [-0.25, -0.2) is 0 Å². The number of nitrogens with zero attached hydrogens (tertiary/aromatic N) is 3. The Morgan fingerprint density at radius 3 is 1.92 bits per heavy atom. The molecule has 0 spiro atoms. The van der Waals surface area contributed by atoms with Crippen LogP contribution in [0.3, 0.4) is 0 Å². The Balaban J connectivity index is 0.000000179. The van der Waals surface area contributed by atoms with E-state index in [0.29, 0.717) is 23.6 Å². The number of anilines is 2. The highest BCUT2D eigenvalue weighted by molar-refractivity contribution is 7.99. The van der Waals surface area contributed by atoms with Crippen LogP contribution < -0.4 is 9.64 Å². The zero-order chi connectivity index (χ0) is 38.7. The third-order valence-corrected chi connectivity index (χ3v) is 11.0. The van der Waals surface area contributed by atoms with Gasteiger partial charge in [-0.05, 0) is 131 Å². The van der Waals surface area contributed by atoms with Crippen molar-refractivity contribution in [1.82, 2.24) is 9.80 Å². The second-order valence-corrected chi connectivity index (χ2v) is 15.4. The van der Waals surface area contributed by atoms with Crippen LogP contribution >= 0.6 is 11.8 Å². The van der Waals surface area contributed by atoms with Gasteiger partial charge in [0.15, 0.2) is 0 Å². The van der Waals surface area contributed by atoms with Crippen LogP contribution in [0.15, 0.2) is 119 Å². The van der Waals surface area contributed by atoms with Gasteiger partial charge in [0.1, 0.15) is 11.5 Å². The van der Waals surface area contributed by atoms with Gasteiger partial charge in [-0.2, -0.15) is 0 Å². The smallest absolute Gasteiger partial charge is 0.310 e. The fraction of sp³-hybridized carbons (Fsp3) is 0.356. The molecule has 0 saturated carbocycles. The van der Waals surface area contributed by atoms with E-state index in [1.54, 1.807) is 20.1 Å². The average Bonchev–Trinajstić information content (AvgIpc) is 3.14. The van der Waals surface area contributed by atoms with Crippen molar-refractivity contribution in [2.45, 2.75) is 61.8 Å². The van der Waals surface area contributed by atoms with Crippen molar-refractivity contribution in [2.75, 3.05) is 53.3 Å². The number of aliphatic carboxylic acids is 1. The topological polar surface area (TPSA) is 76.5 Å². The molecule has 0 aliphatic carbocycles. The molecular formula is C45H57N3O4S. The molecule has 1 unspecified atom stereocenters. The van der Waals surface area contributed by atoms with E-state index in [1.165, 1.54) is 26.7 Å². The molecule has 282 valence electrons. The van der Waals surface area contributed by atoms with E-state index in [1.807, 2.05) is 60.3 Å². The molecule has 0 saturated heterocycles. The van der Waals surface area contributed by atoms with Crippen LogP contribution in [-0.2, 0) is 4.79 Å². The summed E-state index contributed by atoms with van der Waals surface area (Å²) in [5.74, 6) is 1.00. The molecule has 0 radical (unpaired) electrons. The Kier molecular flexibility index (Phi) is 15.2. The number of benzene rings is 5. The number of carboxylic acid groups (broad SMARTS) is 1. The SMILES string of the molecule is CC(CN1c2ccccc2Sc2ccccc21)N(C)C.CC[C@@H](c1cccc(O)c1)[C@@H](C)CN(C)C.COc1ccc2cc([C@H](C)C(=O)O)ccc2c1. The summed E-state index contributed by atoms with van der Waals surface area (Å²) >= 11 is 1.87. The van der Waals surface area contributed by atoms with Gasteiger partial charge in [0.25, 0.3) is 0 Å². The summed E-state index contributed by atoms with van der Waals surface area (Å²) in [6.07, 6.45) is 1.11. The van der Waals surface area contributed by atoms with E-state index >= 15 is 0 Å². The quantitative estimate of drug-likeness (QED) is 0.139. The molecule has 0 amide bonds. The Morgan fingerprint density at radius 1 is 0.774 bits per heavy atom. The molecule has 8 heteroatoms. The zero-order valence-electron chi connectivity index (χ0n) is 32.8. The minimum atomic E-state index is -0.808. The number of hydrogen-bond donors (Lipinski definition) is 2. The number of carbonyl (C=O) groups is 1. The van der Waals surface area contributed by atoms with E-state index in [9.17, 15) is 9.90 Å². The molecule has 6 rings (SSSR count). The van der Waals surface area contributed by atoms with E-state index in [2.05, 4.69) is 118 Å². The highest BCUT2D eigenvalue weighted by Gasteiger charge is 2.24. The first-order valence-corrected chi connectivity index (χ1v) is 19.2. The number of phenols is 1. The second kappa shape index (κ2) is 19.5. The number of rotatable bonds is 11. The summed E-state index contributed by atoms with van der Waals surface area (Å²) in [4.78, 5) is 20.5. The predicted molar refractivity (Wildman–Crippen MR) is 223 cm³/mol. The average molecular weight is 736 g/mol. The van der Waals surface area contributed by atoms with Crippen molar-refractivity contribution in [1.29, 1.82) is 0 Å². The van der Waals surface area contributed by atoms with Crippen molar-refractivity contribution in [3.63, 3.8) is 0 Å². The normalized spacial score (nSPS) is 14.1. The molecule has 5 aromatic rings. The van der Waals surface area contributed by atoms with E-state index < -0.39 is 11.9 Å². The van der Waals surface area contributed by atoms with Gasteiger partial charge in [0, 0.05) is 28.9 Å². The maximum atomic E-state index is 10.9. The Bertz CT molecular complexity index is 1880. The Labute approximate surface area is 321 Å². The standard InChI is InChI=1S/C17H20N2S.C14H23NO.C14H14O3/c1-13(18(2)3)12-19-14-8-4-6-10-16(14)20-17-11-7-5-9-15(17)19;1-5-14(11(2)10-15(3)4)12-7-6-8-13(16)9-12;1-9(14(15)16)10-3-4-12-8-13(17-2)6-5-11(12)7-10/h4-11,13H,12H2,1-3H3;6-9,11,14,16H,5,10H2,1-4H3;3-9H,1-2H3,(H,15,16)/t;11-,14+;9-/m.00/s1. The number of hydrogen-bond acceptors (Lipinski definition) is 7. The lowest BCUT2D eigenvalue weighted by atomic mass is 9.85. The second-order valence-electron chi connectivity index (χ2n) is 14.3. The lowest BCUT2D eigenvalue weighted by molar-refractivity contribution is -0.138. The molecule has 1 aliphatic rings. The monoisotopic (exact) mass is 735 g/mol. The van der Waals surface area contributed by atoms with E-state index in [4.69, 9.17) is 9.84 Å². The number of ether oxygens (including phenoxy) is 1. The molecule has 2 N–H and O–H groups in total. The number of phenolic OH excluding ortho intramolecular Hbond substituents is 1. The number of fused-ring (bicyclic) bond motifs is 3. The maximum Gasteiger partial charge on any atom is 0.310 e. The number of methoxy groups -OCH3 is 1. The molecule has 0 aromatic heterocycles. The van der Waals surface area contributed by atoms with Crippen molar-refractivity contribution in [2.24, 2.45) is 5.92 Å². The summed E-state index contributed by atoms with van der Waals surface area (Å²) in [6.45, 7) is 10.5. The van der Waals surface area contributed by atoms with Crippen LogP contribution in [0.25, 0.3) is 10.8 Å². The van der Waals surface area contributed by atoms with Crippen LogP contribution in [0, 0.1) is 5.92 Å². The number of likely N-dealkylation sites (N-methyl/N-ethyl adjacent to an activating group) is 1. The van der Waals surface area contributed by atoms with Gasteiger partial charge in [-0.3, -0.25) is 4.79 Å². The minimum Gasteiger partial charge on any atom is -0.508 e. The summed E-state index contributed by atoms with van der Waals surface area (Å²) in [5, 5.41) is 20.6. The lowest BCUT2D eigenvalue weighted by Gasteiger charge is -2.36. The fourth-order valence-corrected chi connectivity index (χ4v) is 7.71. The van der Waals surface area contributed by atoms with Crippen LogP contribution in [0.4, 0.5) is 11.4 Å². The van der Waals surface area contributed by atoms with Crippen molar-refractivity contribution in [3.05, 3.63) is 120 Å². The minimum absolute atomic E-state index is 0.369. The van der Waals surface area contributed by atoms with Gasteiger partial charge in [-0.1, -0.05) is 86.3 Å². The first kappa shape index (κ1) is 41.3. The molecule has 1 heterocycles. The van der Waals surface area contributed by atoms with Crippen LogP contribution in [0.2, 0.25) is 0 Å². The lowest BCUT2D eigenvalue weighted by Crippen LogP contribution is -2.37. The third-order valence-electron chi connectivity index (χ3n) is 9.88. The molecule has 0 fully saturated rings. The first-order valence-electron chi connectivity index (χ1n) is 18.4. The highest BCUT2D eigenvalue weighted by atomic mass is 32.2. The number of carboxylic acids is 1. The zero-order valence-corrected chi connectivity index (χ0v) is 33.6.